The van der Waals surface area contributed by atoms with E-state index < -0.39 is 5.97 Å². The summed E-state index contributed by atoms with van der Waals surface area (Å²) in [5.74, 6) is -0.884. The third kappa shape index (κ3) is 3.62. The SMILES string of the molecule is Cc1cc(C(=O)O)ccc1CN(C)Cc1cscn1. The highest BCUT2D eigenvalue weighted by molar-refractivity contribution is 7.07. The summed E-state index contributed by atoms with van der Waals surface area (Å²) in [6.45, 7) is 3.52. The number of rotatable bonds is 5. The molecule has 2 aromatic rings. The van der Waals surface area contributed by atoms with Crippen molar-refractivity contribution >= 4 is 17.3 Å². The Hall–Kier alpha value is -1.72. The first kappa shape index (κ1) is 13.7. The van der Waals surface area contributed by atoms with Crippen LogP contribution in [0.15, 0.2) is 29.1 Å². The van der Waals surface area contributed by atoms with Crippen molar-refractivity contribution in [3.63, 3.8) is 0 Å². The van der Waals surface area contributed by atoms with Crippen LogP contribution in [-0.4, -0.2) is 28.0 Å². The lowest BCUT2D eigenvalue weighted by Crippen LogP contribution is -2.18. The van der Waals surface area contributed by atoms with Crippen molar-refractivity contribution in [3.8, 4) is 0 Å². The molecule has 0 radical (unpaired) electrons. The van der Waals surface area contributed by atoms with Gasteiger partial charge >= 0.3 is 5.97 Å². The highest BCUT2D eigenvalue weighted by Gasteiger charge is 2.08. The Morgan fingerprint density at radius 3 is 2.79 bits per heavy atom. The number of nitrogens with zero attached hydrogens (tertiary/aromatic N) is 2. The maximum absolute atomic E-state index is 10.9. The van der Waals surface area contributed by atoms with Crippen LogP contribution < -0.4 is 0 Å². The Balaban J connectivity index is 2.04. The minimum absolute atomic E-state index is 0.336. The summed E-state index contributed by atoms with van der Waals surface area (Å²) in [6.07, 6.45) is 0. The summed E-state index contributed by atoms with van der Waals surface area (Å²) in [5, 5.41) is 11.0. The van der Waals surface area contributed by atoms with Crippen molar-refractivity contribution in [2.75, 3.05) is 7.05 Å². The quantitative estimate of drug-likeness (QED) is 0.912. The number of aromatic nitrogens is 1. The first-order valence-electron chi connectivity index (χ1n) is 5.94. The van der Waals surface area contributed by atoms with Gasteiger partial charge in [-0.05, 0) is 37.2 Å². The Morgan fingerprint density at radius 1 is 1.42 bits per heavy atom. The fourth-order valence-corrected chi connectivity index (χ4v) is 2.49. The van der Waals surface area contributed by atoms with Crippen LogP contribution in [0.3, 0.4) is 0 Å². The predicted octanol–water partition coefficient (Wildman–Crippen LogP) is 2.78. The molecule has 4 nitrogen and oxygen atoms in total. The number of carboxylic acids is 1. The van der Waals surface area contributed by atoms with Gasteiger partial charge in [-0.15, -0.1) is 11.3 Å². The monoisotopic (exact) mass is 276 g/mol. The van der Waals surface area contributed by atoms with Crippen molar-refractivity contribution in [1.82, 2.24) is 9.88 Å². The van der Waals surface area contributed by atoms with E-state index in [9.17, 15) is 4.79 Å². The molecule has 0 atom stereocenters. The number of carboxylic acid groups (broad SMARTS) is 1. The molecular weight excluding hydrogens is 260 g/mol. The van der Waals surface area contributed by atoms with Gasteiger partial charge in [0.25, 0.3) is 0 Å². The number of thiazole rings is 1. The molecule has 0 aliphatic heterocycles. The Bertz CT molecular complexity index is 567. The molecule has 1 aromatic heterocycles. The molecule has 0 amide bonds. The van der Waals surface area contributed by atoms with Crippen LogP contribution >= 0.6 is 11.3 Å². The summed E-state index contributed by atoms with van der Waals surface area (Å²) in [6, 6.07) is 5.26. The van der Waals surface area contributed by atoms with Gasteiger partial charge in [-0.3, -0.25) is 4.90 Å². The van der Waals surface area contributed by atoms with E-state index in [4.69, 9.17) is 5.11 Å². The lowest BCUT2D eigenvalue weighted by atomic mass is 10.0. The molecule has 0 aliphatic rings. The normalized spacial score (nSPS) is 10.9. The first-order chi connectivity index (χ1) is 9.06. The van der Waals surface area contributed by atoms with E-state index in [2.05, 4.69) is 9.88 Å². The van der Waals surface area contributed by atoms with E-state index in [1.807, 2.05) is 30.9 Å². The molecule has 5 heteroatoms. The second kappa shape index (κ2) is 5.95. The molecule has 1 N–H and O–H groups in total. The van der Waals surface area contributed by atoms with Crippen LogP contribution in [0, 0.1) is 6.92 Å². The van der Waals surface area contributed by atoms with E-state index in [-0.39, 0.29) is 0 Å². The van der Waals surface area contributed by atoms with Gasteiger partial charge in [-0.2, -0.15) is 0 Å². The van der Waals surface area contributed by atoms with E-state index in [0.717, 1.165) is 29.9 Å². The Labute approximate surface area is 116 Å². The number of carbonyl (C=O) groups is 1. The molecule has 19 heavy (non-hydrogen) atoms. The number of benzene rings is 1. The van der Waals surface area contributed by atoms with Crippen molar-refractivity contribution in [2.24, 2.45) is 0 Å². The molecule has 0 aliphatic carbocycles. The van der Waals surface area contributed by atoms with Crippen LogP contribution in [0.4, 0.5) is 0 Å². The second-order valence-electron chi connectivity index (χ2n) is 4.60. The van der Waals surface area contributed by atoms with Gasteiger partial charge in [-0.1, -0.05) is 6.07 Å². The van der Waals surface area contributed by atoms with Gasteiger partial charge in [0.1, 0.15) is 0 Å². The molecule has 1 aromatic carbocycles. The Morgan fingerprint density at radius 2 is 2.21 bits per heavy atom. The lowest BCUT2D eigenvalue weighted by molar-refractivity contribution is 0.0697. The molecule has 2 rings (SSSR count). The van der Waals surface area contributed by atoms with E-state index in [1.54, 1.807) is 23.5 Å². The van der Waals surface area contributed by atoms with Gasteiger partial charge in [0.2, 0.25) is 0 Å². The smallest absolute Gasteiger partial charge is 0.335 e. The highest BCUT2D eigenvalue weighted by Crippen LogP contribution is 2.14. The third-order valence-corrected chi connectivity index (χ3v) is 3.58. The standard InChI is InChI=1S/C14H16N2O2S/c1-10-5-11(14(17)18)3-4-12(10)6-16(2)7-13-8-19-9-15-13/h3-5,8-9H,6-7H2,1-2H3,(H,17,18). The number of hydrogen-bond acceptors (Lipinski definition) is 4. The summed E-state index contributed by atoms with van der Waals surface area (Å²) in [4.78, 5) is 17.3. The van der Waals surface area contributed by atoms with Crippen LogP contribution in [-0.2, 0) is 13.1 Å². The maximum atomic E-state index is 10.9. The second-order valence-corrected chi connectivity index (χ2v) is 5.32. The average Bonchev–Trinajstić information content (AvgIpc) is 2.84. The molecule has 0 fully saturated rings. The average molecular weight is 276 g/mol. The topological polar surface area (TPSA) is 53.4 Å². The molecule has 100 valence electrons. The van der Waals surface area contributed by atoms with E-state index in [1.165, 1.54) is 0 Å². The third-order valence-electron chi connectivity index (χ3n) is 2.95. The molecule has 0 saturated heterocycles. The van der Waals surface area contributed by atoms with Gasteiger partial charge in [0.15, 0.2) is 0 Å². The van der Waals surface area contributed by atoms with E-state index >= 15 is 0 Å². The first-order valence-corrected chi connectivity index (χ1v) is 6.89. The van der Waals surface area contributed by atoms with Crippen LogP contribution in [0.2, 0.25) is 0 Å². The zero-order valence-corrected chi connectivity index (χ0v) is 11.8. The van der Waals surface area contributed by atoms with E-state index in [0.29, 0.717) is 5.56 Å². The van der Waals surface area contributed by atoms with Crippen LogP contribution in [0.1, 0.15) is 27.2 Å². The number of aromatic carboxylic acids is 1. The fourth-order valence-electron chi connectivity index (χ4n) is 1.95. The van der Waals surface area contributed by atoms with Crippen LogP contribution in [0.25, 0.3) is 0 Å². The summed E-state index contributed by atoms with van der Waals surface area (Å²) in [7, 11) is 2.03. The highest BCUT2D eigenvalue weighted by atomic mass is 32.1. The maximum Gasteiger partial charge on any atom is 0.335 e. The molecular formula is C14H16N2O2S. The van der Waals surface area contributed by atoms with Gasteiger partial charge in [0.05, 0.1) is 16.8 Å². The zero-order valence-electron chi connectivity index (χ0n) is 11.0. The molecule has 1 heterocycles. The fraction of sp³-hybridized carbons (Fsp3) is 0.286. The van der Waals surface area contributed by atoms with Crippen molar-refractivity contribution in [1.29, 1.82) is 0 Å². The summed E-state index contributed by atoms with van der Waals surface area (Å²) in [5.41, 5.74) is 5.37. The van der Waals surface area contributed by atoms with Crippen molar-refractivity contribution < 1.29 is 9.90 Å². The lowest BCUT2D eigenvalue weighted by Gasteiger charge is -2.17. The zero-order chi connectivity index (χ0) is 13.8. The predicted molar refractivity (Wildman–Crippen MR) is 75.4 cm³/mol. The molecule has 0 unspecified atom stereocenters. The summed E-state index contributed by atoms with van der Waals surface area (Å²) < 4.78 is 0. The van der Waals surface area contributed by atoms with Gasteiger partial charge < -0.3 is 5.11 Å². The summed E-state index contributed by atoms with van der Waals surface area (Å²) >= 11 is 1.59. The molecule has 0 saturated carbocycles. The minimum Gasteiger partial charge on any atom is -0.478 e. The van der Waals surface area contributed by atoms with Crippen molar-refractivity contribution in [3.05, 3.63) is 51.5 Å². The number of aryl methyl sites for hydroxylation is 1. The van der Waals surface area contributed by atoms with Crippen LogP contribution in [0.5, 0.6) is 0 Å². The minimum atomic E-state index is -0.884. The van der Waals surface area contributed by atoms with Crippen molar-refractivity contribution in [2.45, 2.75) is 20.0 Å². The van der Waals surface area contributed by atoms with Gasteiger partial charge in [-0.25, -0.2) is 9.78 Å². The number of hydrogen-bond donors (Lipinski definition) is 1. The van der Waals surface area contributed by atoms with Gasteiger partial charge in [0, 0.05) is 18.5 Å². The largest absolute Gasteiger partial charge is 0.478 e. The Kier molecular flexibility index (Phi) is 4.29. The molecule has 0 spiro atoms. The molecule has 0 bridgehead atoms.